The number of hydrogen-bond donors (Lipinski definition) is 2. The minimum absolute atomic E-state index is 0.160. The van der Waals surface area contributed by atoms with Gasteiger partial charge in [-0.25, -0.2) is 4.98 Å². The topological polar surface area (TPSA) is 68.0 Å². The molecule has 1 aromatic carbocycles. The summed E-state index contributed by atoms with van der Waals surface area (Å²) in [5, 5.41) is 2.98. The molecule has 1 heterocycles. The van der Waals surface area contributed by atoms with Crippen molar-refractivity contribution < 1.29 is 4.79 Å². The molecule has 0 atom stereocenters. The largest absolute Gasteiger partial charge is 0.398 e. The van der Waals surface area contributed by atoms with E-state index in [-0.39, 0.29) is 16.8 Å². The van der Waals surface area contributed by atoms with Gasteiger partial charge in [-0.1, -0.05) is 27.5 Å². The molecule has 0 bridgehead atoms. The Hall–Kier alpha value is -1.24. The second-order valence-corrected chi connectivity index (χ2v) is 6.15. The monoisotopic (exact) mass is 371 g/mol. The Morgan fingerprint density at radius 3 is 2.95 bits per heavy atom. The number of anilines is 2. The van der Waals surface area contributed by atoms with Gasteiger partial charge in [-0.15, -0.1) is 11.8 Å². The standard InChI is InChI=1S/C13H11BrClN3OS/c14-8-3-4-11(9(16)6-8)20-7-12(19)18-10-2-1-5-17-13(10)15/h1-6H,7,16H2,(H,18,19). The van der Waals surface area contributed by atoms with Crippen molar-refractivity contribution in [3.8, 4) is 0 Å². The van der Waals surface area contributed by atoms with Crippen LogP contribution < -0.4 is 11.1 Å². The first kappa shape index (κ1) is 15.2. The molecule has 0 spiro atoms. The highest BCUT2D eigenvalue weighted by Crippen LogP contribution is 2.28. The number of thioether (sulfide) groups is 1. The summed E-state index contributed by atoms with van der Waals surface area (Å²) in [6.07, 6.45) is 1.56. The van der Waals surface area contributed by atoms with Gasteiger partial charge in [0.15, 0.2) is 5.15 Å². The lowest BCUT2D eigenvalue weighted by atomic mass is 10.3. The molecule has 1 amide bonds. The quantitative estimate of drug-likeness (QED) is 0.486. The molecule has 0 unspecified atom stereocenters. The highest BCUT2D eigenvalue weighted by Gasteiger charge is 2.08. The molecule has 3 N–H and O–H groups in total. The van der Waals surface area contributed by atoms with Crippen molar-refractivity contribution in [2.45, 2.75) is 4.90 Å². The molecule has 0 radical (unpaired) electrons. The van der Waals surface area contributed by atoms with Crippen LogP contribution in [0.4, 0.5) is 11.4 Å². The van der Waals surface area contributed by atoms with E-state index in [4.69, 9.17) is 17.3 Å². The number of nitrogens with zero attached hydrogens (tertiary/aromatic N) is 1. The fraction of sp³-hybridized carbons (Fsp3) is 0.0769. The third kappa shape index (κ3) is 4.13. The second kappa shape index (κ2) is 6.97. The molecule has 0 saturated carbocycles. The summed E-state index contributed by atoms with van der Waals surface area (Å²) in [7, 11) is 0. The number of halogens is 2. The number of amides is 1. The summed E-state index contributed by atoms with van der Waals surface area (Å²) in [6.45, 7) is 0. The van der Waals surface area contributed by atoms with E-state index >= 15 is 0 Å². The van der Waals surface area contributed by atoms with Crippen LogP contribution in [0.25, 0.3) is 0 Å². The Morgan fingerprint density at radius 1 is 1.45 bits per heavy atom. The predicted molar refractivity (Wildman–Crippen MR) is 87.2 cm³/mol. The van der Waals surface area contributed by atoms with Crippen LogP contribution in [0, 0.1) is 0 Å². The Balaban J connectivity index is 1.94. The number of nitrogens with one attached hydrogen (secondary N) is 1. The predicted octanol–water partition coefficient (Wildman–Crippen LogP) is 3.81. The van der Waals surface area contributed by atoms with Crippen LogP contribution in [-0.2, 0) is 4.79 Å². The van der Waals surface area contributed by atoms with Crippen LogP contribution in [0.3, 0.4) is 0 Å². The van der Waals surface area contributed by atoms with Crippen LogP contribution in [0.1, 0.15) is 0 Å². The Kier molecular flexibility index (Phi) is 5.28. The zero-order valence-electron chi connectivity index (χ0n) is 10.3. The summed E-state index contributed by atoms with van der Waals surface area (Å²) in [4.78, 5) is 16.6. The first-order chi connectivity index (χ1) is 9.56. The number of rotatable bonds is 4. The molecule has 0 saturated heterocycles. The summed E-state index contributed by atoms with van der Waals surface area (Å²) >= 11 is 10.6. The van der Waals surface area contributed by atoms with Crippen molar-refractivity contribution in [2.75, 3.05) is 16.8 Å². The first-order valence-electron chi connectivity index (χ1n) is 5.64. The lowest BCUT2D eigenvalue weighted by Crippen LogP contribution is -2.14. The maximum Gasteiger partial charge on any atom is 0.234 e. The molecular weight excluding hydrogens is 362 g/mol. The van der Waals surface area contributed by atoms with E-state index in [1.54, 1.807) is 24.4 Å². The number of aromatic nitrogens is 1. The molecule has 4 nitrogen and oxygen atoms in total. The third-order valence-electron chi connectivity index (χ3n) is 2.36. The van der Waals surface area contributed by atoms with Crippen molar-refractivity contribution >= 4 is 56.6 Å². The van der Waals surface area contributed by atoms with E-state index in [0.29, 0.717) is 11.4 Å². The van der Waals surface area contributed by atoms with Crippen LogP contribution in [0.5, 0.6) is 0 Å². The van der Waals surface area contributed by atoms with Crippen LogP contribution in [-0.4, -0.2) is 16.6 Å². The van der Waals surface area contributed by atoms with Crippen LogP contribution in [0.15, 0.2) is 45.9 Å². The van der Waals surface area contributed by atoms with Crippen LogP contribution in [0.2, 0.25) is 5.15 Å². The smallest absolute Gasteiger partial charge is 0.234 e. The third-order valence-corrected chi connectivity index (χ3v) is 4.25. The van der Waals surface area contributed by atoms with E-state index in [1.807, 2.05) is 12.1 Å². The summed E-state index contributed by atoms with van der Waals surface area (Å²) in [6, 6.07) is 8.97. The van der Waals surface area contributed by atoms with Gasteiger partial charge in [-0.05, 0) is 30.3 Å². The van der Waals surface area contributed by atoms with Crippen LogP contribution >= 0.6 is 39.3 Å². The molecule has 0 aliphatic rings. The minimum atomic E-state index is -0.160. The summed E-state index contributed by atoms with van der Waals surface area (Å²) < 4.78 is 0.908. The molecule has 2 rings (SSSR count). The van der Waals surface area contributed by atoms with E-state index in [2.05, 4.69) is 26.2 Å². The van der Waals surface area contributed by atoms with Gasteiger partial charge in [0.05, 0.1) is 11.4 Å². The maximum atomic E-state index is 11.8. The molecule has 1 aromatic heterocycles. The lowest BCUT2D eigenvalue weighted by Gasteiger charge is -2.07. The lowest BCUT2D eigenvalue weighted by molar-refractivity contribution is -0.113. The van der Waals surface area contributed by atoms with Crippen molar-refractivity contribution in [3.05, 3.63) is 46.2 Å². The Morgan fingerprint density at radius 2 is 2.25 bits per heavy atom. The molecule has 20 heavy (non-hydrogen) atoms. The Labute approximate surface area is 134 Å². The molecular formula is C13H11BrClN3OS. The Bertz CT molecular complexity index is 639. The van der Waals surface area contributed by atoms with Gasteiger partial charge in [0.1, 0.15) is 0 Å². The number of pyridine rings is 1. The van der Waals surface area contributed by atoms with Gasteiger partial charge >= 0.3 is 0 Å². The van der Waals surface area contributed by atoms with Gasteiger partial charge in [0.25, 0.3) is 0 Å². The molecule has 7 heteroatoms. The minimum Gasteiger partial charge on any atom is -0.398 e. The first-order valence-corrected chi connectivity index (χ1v) is 7.80. The summed E-state index contributed by atoms with van der Waals surface area (Å²) in [5.41, 5.74) is 7.01. The zero-order valence-corrected chi connectivity index (χ0v) is 13.4. The fourth-order valence-electron chi connectivity index (χ4n) is 1.46. The van der Waals surface area contributed by atoms with Gasteiger partial charge in [0.2, 0.25) is 5.91 Å². The van der Waals surface area contributed by atoms with Gasteiger partial charge in [-0.3, -0.25) is 4.79 Å². The maximum absolute atomic E-state index is 11.8. The molecule has 2 aromatic rings. The van der Waals surface area contributed by atoms with E-state index in [1.165, 1.54) is 11.8 Å². The second-order valence-electron chi connectivity index (χ2n) is 3.86. The van der Waals surface area contributed by atoms with Crippen molar-refractivity contribution in [2.24, 2.45) is 0 Å². The molecule has 0 aliphatic heterocycles. The van der Waals surface area contributed by atoms with Gasteiger partial charge < -0.3 is 11.1 Å². The number of nitrogen functional groups attached to an aromatic ring is 1. The van der Waals surface area contributed by atoms with E-state index in [0.717, 1.165) is 9.37 Å². The number of nitrogens with two attached hydrogens (primary N) is 1. The fourth-order valence-corrected chi connectivity index (χ4v) is 2.75. The van der Waals surface area contributed by atoms with Gasteiger partial charge in [0, 0.05) is 21.3 Å². The highest BCUT2D eigenvalue weighted by atomic mass is 79.9. The molecule has 0 aliphatic carbocycles. The molecule has 0 fully saturated rings. The van der Waals surface area contributed by atoms with Crippen molar-refractivity contribution in [3.63, 3.8) is 0 Å². The number of carbonyl (C=O) groups is 1. The van der Waals surface area contributed by atoms with Gasteiger partial charge in [-0.2, -0.15) is 0 Å². The average Bonchev–Trinajstić information content (AvgIpc) is 2.40. The number of benzene rings is 1. The highest BCUT2D eigenvalue weighted by molar-refractivity contribution is 9.10. The number of carbonyl (C=O) groups excluding carboxylic acids is 1. The van der Waals surface area contributed by atoms with Crippen molar-refractivity contribution in [1.29, 1.82) is 0 Å². The zero-order chi connectivity index (χ0) is 14.5. The number of hydrogen-bond acceptors (Lipinski definition) is 4. The average molecular weight is 373 g/mol. The SMILES string of the molecule is Nc1cc(Br)ccc1SCC(=O)Nc1cccnc1Cl. The van der Waals surface area contributed by atoms with E-state index in [9.17, 15) is 4.79 Å². The van der Waals surface area contributed by atoms with Crippen molar-refractivity contribution in [1.82, 2.24) is 4.98 Å². The normalized spacial score (nSPS) is 10.3. The van der Waals surface area contributed by atoms with E-state index < -0.39 is 0 Å². The molecule has 104 valence electrons. The summed E-state index contributed by atoms with van der Waals surface area (Å²) in [5.74, 6) is 0.0871.